The van der Waals surface area contributed by atoms with E-state index in [1.165, 1.54) is 12.3 Å². The zero-order valence-electron chi connectivity index (χ0n) is 17.6. The first-order chi connectivity index (χ1) is 15.7. The Bertz CT molecular complexity index is 1040. The van der Waals surface area contributed by atoms with Crippen LogP contribution in [-0.2, 0) is 11.3 Å². The number of rotatable bonds is 6. The number of halogens is 1. The fourth-order valence-corrected chi connectivity index (χ4v) is 4.45. The lowest BCUT2D eigenvalue weighted by Crippen LogP contribution is -2.50. The lowest BCUT2D eigenvalue weighted by molar-refractivity contribution is 0.0548. The van der Waals surface area contributed by atoms with Crippen LogP contribution in [-0.4, -0.2) is 74.8 Å². The van der Waals surface area contributed by atoms with Crippen LogP contribution < -0.4 is 0 Å². The Balaban J connectivity index is 1.39. The standard InChI is InChI=1S/C22H25FN6O3/c23-18-7-2-1-6-17(18)20(21-24-25-26-29(21)15-16-5-3-13-31-16)27-9-11-28(12-10-27)22(30)19-8-4-14-32-19/h1-2,4,6-8,14,16,20H,3,5,9-13,15H2/t16-,20-/m1/s1. The average molecular weight is 440 g/mol. The van der Waals surface area contributed by atoms with Crippen molar-refractivity contribution in [1.82, 2.24) is 30.0 Å². The number of carbonyl (C=O) groups is 1. The highest BCUT2D eigenvalue weighted by Crippen LogP contribution is 2.30. The fourth-order valence-electron chi connectivity index (χ4n) is 4.45. The number of hydrogen-bond donors (Lipinski definition) is 0. The third kappa shape index (κ3) is 4.15. The van der Waals surface area contributed by atoms with Crippen LogP contribution in [0.5, 0.6) is 0 Å². The van der Waals surface area contributed by atoms with Crippen molar-refractivity contribution >= 4 is 5.91 Å². The predicted octanol–water partition coefficient (Wildman–Crippen LogP) is 2.13. The van der Waals surface area contributed by atoms with Gasteiger partial charge in [0.1, 0.15) is 11.9 Å². The molecule has 0 spiro atoms. The third-order valence-corrected chi connectivity index (χ3v) is 6.10. The molecule has 1 aromatic carbocycles. The van der Waals surface area contributed by atoms with E-state index < -0.39 is 6.04 Å². The molecule has 168 valence electrons. The van der Waals surface area contributed by atoms with Gasteiger partial charge in [-0.1, -0.05) is 18.2 Å². The molecule has 5 rings (SSSR count). The minimum atomic E-state index is -0.464. The molecule has 2 aromatic heterocycles. The number of piperazine rings is 1. The monoisotopic (exact) mass is 440 g/mol. The van der Waals surface area contributed by atoms with Gasteiger partial charge < -0.3 is 14.1 Å². The molecule has 32 heavy (non-hydrogen) atoms. The highest BCUT2D eigenvalue weighted by Gasteiger charge is 2.34. The van der Waals surface area contributed by atoms with Gasteiger partial charge in [-0.25, -0.2) is 9.07 Å². The van der Waals surface area contributed by atoms with Crippen LogP contribution in [0.25, 0.3) is 0 Å². The summed E-state index contributed by atoms with van der Waals surface area (Å²) in [5, 5.41) is 12.4. The zero-order valence-corrected chi connectivity index (χ0v) is 17.6. The number of aromatic nitrogens is 4. The highest BCUT2D eigenvalue weighted by atomic mass is 19.1. The Hall–Kier alpha value is -3.11. The van der Waals surface area contributed by atoms with Crippen LogP contribution in [0.3, 0.4) is 0 Å². The molecular weight excluding hydrogens is 415 g/mol. The zero-order chi connectivity index (χ0) is 21.9. The Morgan fingerprint density at radius 2 is 2.00 bits per heavy atom. The van der Waals surface area contributed by atoms with Gasteiger partial charge in [-0.2, -0.15) is 0 Å². The first-order valence-corrected chi connectivity index (χ1v) is 10.9. The van der Waals surface area contributed by atoms with Crippen molar-refractivity contribution < 1.29 is 18.3 Å². The topological polar surface area (TPSA) is 89.5 Å². The third-order valence-electron chi connectivity index (χ3n) is 6.10. The number of nitrogens with zero attached hydrogens (tertiary/aromatic N) is 6. The second-order valence-corrected chi connectivity index (χ2v) is 8.08. The molecule has 2 aliphatic heterocycles. The summed E-state index contributed by atoms with van der Waals surface area (Å²) in [6.07, 6.45) is 3.52. The van der Waals surface area contributed by atoms with Crippen molar-refractivity contribution in [3.8, 4) is 0 Å². The summed E-state index contributed by atoms with van der Waals surface area (Å²) < 4.78 is 27.6. The Morgan fingerprint density at radius 1 is 1.16 bits per heavy atom. The molecule has 0 bridgehead atoms. The molecule has 0 aliphatic carbocycles. The van der Waals surface area contributed by atoms with Crippen LogP contribution in [0, 0.1) is 5.82 Å². The largest absolute Gasteiger partial charge is 0.459 e. The number of hydrogen-bond acceptors (Lipinski definition) is 7. The van der Waals surface area contributed by atoms with Gasteiger partial charge in [0.25, 0.3) is 5.91 Å². The van der Waals surface area contributed by atoms with Crippen LogP contribution in [0.1, 0.15) is 40.8 Å². The minimum Gasteiger partial charge on any atom is -0.459 e. The normalized spacial score (nSPS) is 20.5. The van der Waals surface area contributed by atoms with Crippen LogP contribution in [0.15, 0.2) is 47.1 Å². The lowest BCUT2D eigenvalue weighted by Gasteiger charge is -2.38. The van der Waals surface area contributed by atoms with Gasteiger partial charge in [0.05, 0.1) is 18.9 Å². The summed E-state index contributed by atoms with van der Waals surface area (Å²) in [5.41, 5.74) is 0.515. The van der Waals surface area contributed by atoms with Gasteiger partial charge >= 0.3 is 0 Å². The molecule has 0 saturated carbocycles. The SMILES string of the molecule is O=C(c1ccco1)N1CCN([C@H](c2ccccc2F)c2nnnn2C[C@H]2CCCO2)CC1. The summed E-state index contributed by atoms with van der Waals surface area (Å²) in [6, 6.07) is 9.61. The van der Waals surface area contributed by atoms with Crippen molar-refractivity contribution in [2.24, 2.45) is 0 Å². The molecule has 0 unspecified atom stereocenters. The first kappa shape index (κ1) is 20.8. The number of carbonyl (C=O) groups excluding carboxylic acids is 1. The molecule has 2 fully saturated rings. The van der Waals surface area contributed by atoms with Crippen molar-refractivity contribution in [2.75, 3.05) is 32.8 Å². The van der Waals surface area contributed by atoms with E-state index in [2.05, 4.69) is 20.4 Å². The smallest absolute Gasteiger partial charge is 0.289 e. The molecule has 1 amide bonds. The Labute approximate surface area is 184 Å². The van der Waals surface area contributed by atoms with Gasteiger partial charge in [0.15, 0.2) is 11.6 Å². The van der Waals surface area contributed by atoms with E-state index in [1.54, 1.807) is 33.8 Å². The Kier molecular flexibility index (Phi) is 5.95. The lowest BCUT2D eigenvalue weighted by atomic mass is 10.0. The highest BCUT2D eigenvalue weighted by molar-refractivity contribution is 5.91. The van der Waals surface area contributed by atoms with E-state index >= 15 is 0 Å². The first-order valence-electron chi connectivity index (χ1n) is 10.9. The summed E-state index contributed by atoms with van der Waals surface area (Å²) in [6.45, 7) is 3.38. The van der Waals surface area contributed by atoms with E-state index in [0.717, 1.165) is 19.4 Å². The predicted molar refractivity (Wildman–Crippen MR) is 111 cm³/mol. The van der Waals surface area contributed by atoms with E-state index in [4.69, 9.17) is 9.15 Å². The maximum absolute atomic E-state index is 14.9. The molecule has 4 heterocycles. The maximum atomic E-state index is 14.9. The van der Waals surface area contributed by atoms with Crippen LogP contribution in [0.4, 0.5) is 4.39 Å². The second kappa shape index (κ2) is 9.17. The van der Waals surface area contributed by atoms with Gasteiger partial charge in [-0.15, -0.1) is 5.10 Å². The van der Waals surface area contributed by atoms with Gasteiger partial charge in [-0.05, 0) is 41.5 Å². The number of ether oxygens (including phenoxy) is 1. The minimum absolute atomic E-state index is 0.0567. The van der Waals surface area contributed by atoms with Gasteiger partial charge in [0, 0.05) is 38.3 Å². The average Bonchev–Trinajstić information content (AvgIpc) is 3.60. The maximum Gasteiger partial charge on any atom is 0.289 e. The molecule has 2 saturated heterocycles. The van der Waals surface area contributed by atoms with E-state index in [1.807, 2.05) is 6.07 Å². The van der Waals surface area contributed by atoms with Gasteiger partial charge in [-0.3, -0.25) is 9.69 Å². The van der Waals surface area contributed by atoms with Crippen molar-refractivity contribution in [3.63, 3.8) is 0 Å². The summed E-state index contributed by atoms with van der Waals surface area (Å²) in [4.78, 5) is 16.5. The van der Waals surface area contributed by atoms with E-state index in [0.29, 0.717) is 49.9 Å². The van der Waals surface area contributed by atoms with E-state index in [-0.39, 0.29) is 17.8 Å². The molecular formula is C22H25FN6O3. The van der Waals surface area contributed by atoms with Crippen molar-refractivity contribution in [3.05, 3.63) is 65.6 Å². The van der Waals surface area contributed by atoms with Crippen molar-refractivity contribution in [2.45, 2.75) is 31.5 Å². The quantitative estimate of drug-likeness (QED) is 0.580. The summed E-state index contributed by atoms with van der Waals surface area (Å²) in [5.74, 6) is 0.458. The number of benzene rings is 1. The van der Waals surface area contributed by atoms with Crippen molar-refractivity contribution in [1.29, 1.82) is 0 Å². The van der Waals surface area contributed by atoms with Crippen LogP contribution in [0.2, 0.25) is 0 Å². The molecule has 9 nitrogen and oxygen atoms in total. The molecule has 0 radical (unpaired) electrons. The summed E-state index contributed by atoms with van der Waals surface area (Å²) in [7, 11) is 0. The number of tetrazole rings is 1. The van der Waals surface area contributed by atoms with Gasteiger partial charge in [0.2, 0.25) is 0 Å². The number of furan rings is 1. The molecule has 10 heteroatoms. The van der Waals surface area contributed by atoms with Crippen LogP contribution >= 0.6 is 0 Å². The molecule has 2 aliphatic rings. The summed E-state index contributed by atoms with van der Waals surface area (Å²) >= 11 is 0. The second-order valence-electron chi connectivity index (χ2n) is 8.08. The number of amides is 1. The fraction of sp³-hybridized carbons (Fsp3) is 0.455. The molecule has 0 N–H and O–H groups in total. The Morgan fingerprint density at radius 3 is 2.72 bits per heavy atom. The molecule has 3 aromatic rings. The molecule has 2 atom stereocenters. The van der Waals surface area contributed by atoms with E-state index in [9.17, 15) is 9.18 Å².